The minimum Gasteiger partial charge on any atom is -0.467 e. The van der Waals surface area contributed by atoms with E-state index in [1.807, 2.05) is 0 Å². The van der Waals surface area contributed by atoms with Crippen LogP contribution in [-0.2, 0) is 14.3 Å². The third-order valence-electron chi connectivity index (χ3n) is 2.75. The van der Waals surface area contributed by atoms with E-state index in [0.29, 0.717) is 11.5 Å². The van der Waals surface area contributed by atoms with Crippen LogP contribution >= 0.6 is 0 Å². The van der Waals surface area contributed by atoms with Crippen molar-refractivity contribution in [1.82, 2.24) is 5.32 Å². The number of methoxy groups -OCH3 is 1. The molecule has 0 saturated carbocycles. The third kappa shape index (κ3) is 3.31. The molecule has 1 heterocycles. The molecule has 1 unspecified atom stereocenters. The number of hydrogen-bond acceptors (Lipinski definition) is 6. The molecule has 1 aromatic carbocycles. The molecule has 2 rings (SSSR count). The maximum absolute atomic E-state index is 11.5. The Morgan fingerprint density at radius 1 is 1.35 bits per heavy atom. The molecule has 0 bridgehead atoms. The van der Waals surface area contributed by atoms with Crippen LogP contribution in [0.5, 0.6) is 11.5 Å². The van der Waals surface area contributed by atoms with Crippen molar-refractivity contribution in [2.45, 2.75) is 13.0 Å². The molecule has 108 valence electrons. The number of carbonyl (C=O) groups excluding carboxylic acids is 2. The first-order chi connectivity index (χ1) is 9.60. The highest BCUT2D eigenvalue weighted by Crippen LogP contribution is 2.34. The maximum atomic E-state index is 11.5. The molecule has 0 fully saturated rings. The summed E-state index contributed by atoms with van der Waals surface area (Å²) in [6, 6.07) is 4.60. The highest BCUT2D eigenvalue weighted by molar-refractivity contribution is 5.83. The molecule has 1 amide bonds. The predicted molar refractivity (Wildman–Crippen MR) is 70.7 cm³/mol. The summed E-state index contributed by atoms with van der Waals surface area (Å²) in [4.78, 5) is 22.6. The van der Waals surface area contributed by atoms with E-state index in [9.17, 15) is 9.59 Å². The van der Waals surface area contributed by atoms with Crippen molar-refractivity contribution in [2.75, 3.05) is 25.8 Å². The summed E-state index contributed by atoms with van der Waals surface area (Å²) in [6.45, 7) is 1.76. The Hall–Kier alpha value is -2.44. The number of hydrogen-bond donors (Lipinski definition) is 2. The van der Waals surface area contributed by atoms with Crippen LogP contribution in [0.2, 0.25) is 0 Å². The van der Waals surface area contributed by atoms with E-state index >= 15 is 0 Å². The third-order valence-corrected chi connectivity index (χ3v) is 2.75. The van der Waals surface area contributed by atoms with Crippen molar-refractivity contribution < 1.29 is 23.8 Å². The zero-order valence-corrected chi connectivity index (χ0v) is 11.3. The summed E-state index contributed by atoms with van der Waals surface area (Å²) in [5, 5.41) is 5.57. The van der Waals surface area contributed by atoms with Crippen molar-refractivity contribution in [3.05, 3.63) is 18.2 Å². The lowest BCUT2D eigenvalue weighted by Crippen LogP contribution is -2.45. The second-order valence-electron chi connectivity index (χ2n) is 4.23. The van der Waals surface area contributed by atoms with Gasteiger partial charge in [0.1, 0.15) is 6.04 Å². The van der Waals surface area contributed by atoms with Crippen molar-refractivity contribution in [2.24, 2.45) is 0 Å². The van der Waals surface area contributed by atoms with Gasteiger partial charge in [-0.3, -0.25) is 4.79 Å². The molecule has 0 saturated heterocycles. The second kappa shape index (κ2) is 6.14. The first kappa shape index (κ1) is 14.0. The molecule has 1 aliphatic heterocycles. The highest BCUT2D eigenvalue weighted by atomic mass is 16.7. The average molecular weight is 280 g/mol. The SMILES string of the molecule is COC(=O)C(CNc1ccc2c(c1)OCO2)NC(C)=O. The van der Waals surface area contributed by atoms with Crippen LogP contribution in [0.15, 0.2) is 18.2 Å². The molecule has 1 aromatic rings. The molecule has 7 nitrogen and oxygen atoms in total. The Labute approximate surface area is 116 Å². The molecular formula is C13H16N2O5. The first-order valence-corrected chi connectivity index (χ1v) is 6.08. The Morgan fingerprint density at radius 2 is 2.10 bits per heavy atom. The normalized spacial score (nSPS) is 13.5. The minimum atomic E-state index is -0.747. The minimum absolute atomic E-state index is 0.204. The fraction of sp³-hybridized carbons (Fsp3) is 0.385. The van der Waals surface area contributed by atoms with Crippen LogP contribution in [0.3, 0.4) is 0 Å². The molecule has 1 aliphatic rings. The molecule has 0 aliphatic carbocycles. The van der Waals surface area contributed by atoms with Gasteiger partial charge in [0.15, 0.2) is 11.5 Å². The van der Waals surface area contributed by atoms with Gasteiger partial charge in [0.25, 0.3) is 0 Å². The summed E-state index contributed by atoms with van der Waals surface area (Å²) >= 11 is 0. The van der Waals surface area contributed by atoms with Crippen LogP contribution in [0.25, 0.3) is 0 Å². The van der Waals surface area contributed by atoms with Gasteiger partial charge in [0, 0.05) is 25.2 Å². The quantitative estimate of drug-likeness (QED) is 0.764. The Kier molecular flexibility index (Phi) is 4.29. The van der Waals surface area contributed by atoms with Gasteiger partial charge >= 0.3 is 5.97 Å². The molecule has 0 radical (unpaired) electrons. The van der Waals surface area contributed by atoms with Gasteiger partial charge in [-0.1, -0.05) is 0 Å². The lowest BCUT2D eigenvalue weighted by Gasteiger charge is -2.16. The number of fused-ring (bicyclic) bond motifs is 1. The van der Waals surface area contributed by atoms with Crippen LogP contribution < -0.4 is 20.1 Å². The largest absolute Gasteiger partial charge is 0.467 e. The Bertz CT molecular complexity index is 517. The highest BCUT2D eigenvalue weighted by Gasteiger charge is 2.20. The number of rotatable bonds is 5. The van der Waals surface area contributed by atoms with Gasteiger partial charge in [-0.2, -0.15) is 0 Å². The lowest BCUT2D eigenvalue weighted by atomic mass is 10.2. The number of esters is 1. The maximum Gasteiger partial charge on any atom is 0.330 e. The van der Waals surface area contributed by atoms with E-state index < -0.39 is 12.0 Å². The summed E-state index contributed by atoms with van der Waals surface area (Å²) in [6.07, 6.45) is 0. The van der Waals surface area contributed by atoms with E-state index in [-0.39, 0.29) is 19.2 Å². The van der Waals surface area contributed by atoms with Gasteiger partial charge in [-0.25, -0.2) is 4.79 Å². The fourth-order valence-electron chi connectivity index (χ4n) is 1.81. The van der Waals surface area contributed by atoms with E-state index in [2.05, 4.69) is 15.4 Å². The molecule has 0 spiro atoms. The number of nitrogens with one attached hydrogen (secondary N) is 2. The molecular weight excluding hydrogens is 264 g/mol. The monoisotopic (exact) mass is 280 g/mol. The first-order valence-electron chi connectivity index (χ1n) is 6.08. The average Bonchev–Trinajstić information content (AvgIpc) is 2.89. The number of amides is 1. The van der Waals surface area contributed by atoms with Crippen LogP contribution in [0, 0.1) is 0 Å². The van der Waals surface area contributed by atoms with Crippen LogP contribution in [0.4, 0.5) is 5.69 Å². The fourth-order valence-corrected chi connectivity index (χ4v) is 1.81. The van der Waals surface area contributed by atoms with Gasteiger partial charge in [0.05, 0.1) is 7.11 Å². The van der Waals surface area contributed by atoms with Crippen LogP contribution in [-0.4, -0.2) is 38.4 Å². The zero-order valence-electron chi connectivity index (χ0n) is 11.3. The van der Waals surface area contributed by atoms with E-state index in [0.717, 1.165) is 5.69 Å². The zero-order chi connectivity index (χ0) is 14.5. The number of carbonyl (C=O) groups is 2. The second-order valence-corrected chi connectivity index (χ2v) is 4.23. The van der Waals surface area contributed by atoms with Crippen molar-refractivity contribution >= 4 is 17.6 Å². The number of benzene rings is 1. The van der Waals surface area contributed by atoms with E-state index in [4.69, 9.17) is 9.47 Å². The van der Waals surface area contributed by atoms with Gasteiger partial charge in [-0.05, 0) is 12.1 Å². The molecule has 0 aromatic heterocycles. The van der Waals surface area contributed by atoms with E-state index in [1.54, 1.807) is 18.2 Å². The van der Waals surface area contributed by atoms with Crippen LogP contribution in [0.1, 0.15) is 6.92 Å². The summed E-state index contributed by atoms with van der Waals surface area (Å²) in [7, 11) is 1.28. The van der Waals surface area contributed by atoms with Crippen molar-refractivity contribution in [3.8, 4) is 11.5 Å². The molecule has 2 N–H and O–H groups in total. The molecule has 20 heavy (non-hydrogen) atoms. The summed E-state index contributed by atoms with van der Waals surface area (Å²) in [5.74, 6) is 0.521. The van der Waals surface area contributed by atoms with Crippen molar-refractivity contribution in [1.29, 1.82) is 0 Å². The van der Waals surface area contributed by atoms with E-state index in [1.165, 1.54) is 14.0 Å². The van der Waals surface area contributed by atoms with Gasteiger partial charge in [0.2, 0.25) is 12.7 Å². The predicted octanol–water partition coefficient (Wildman–Crippen LogP) is 0.505. The summed E-state index contributed by atoms with van der Waals surface area (Å²) < 4.78 is 15.1. The molecule has 7 heteroatoms. The Morgan fingerprint density at radius 3 is 2.80 bits per heavy atom. The summed E-state index contributed by atoms with van der Waals surface area (Å²) in [5.41, 5.74) is 0.758. The van der Waals surface area contributed by atoms with Crippen molar-refractivity contribution in [3.63, 3.8) is 0 Å². The number of anilines is 1. The van der Waals surface area contributed by atoms with Gasteiger partial charge < -0.3 is 24.8 Å². The lowest BCUT2D eigenvalue weighted by molar-refractivity contribution is -0.144. The smallest absolute Gasteiger partial charge is 0.330 e. The standard InChI is InChI=1S/C13H16N2O5/c1-8(16)15-10(13(17)18-2)6-14-9-3-4-11-12(5-9)20-7-19-11/h3-5,10,14H,6-7H2,1-2H3,(H,15,16). The Balaban J connectivity index is 1.98. The number of ether oxygens (including phenoxy) is 3. The molecule has 1 atom stereocenters. The topological polar surface area (TPSA) is 85.9 Å². The van der Waals surface area contributed by atoms with Gasteiger partial charge in [-0.15, -0.1) is 0 Å².